The summed E-state index contributed by atoms with van der Waals surface area (Å²) in [5.74, 6) is 0. The van der Waals surface area contributed by atoms with Crippen molar-refractivity contribution in [1.29, 1.82) is 0 Å². The maximum absolute atomic E-state index is 2.68. The van der Waals surface area contributed by atoms with Crippen molar-refractivity contribution in [2.24, 2.45) is 5.41 Å². The van der Waals surface area contributed by atoms with Crippen molar-refractivity contribution >= 4 is 0 Å². The van der Waals surface area contributed by atoms with Gasteiger partial charge in [-0.2, -0.15) is 0 Å². The molecule has 15 heavy (non-hydrogen) atoms. The van der Waals surface area contributed by atoms with Gasteiger partial charge in [-0.05, 0) is 57.3 Å². The molecular weight excluding hydrogens is 184 g/mol. The van der Waals surface area contributed by atoms with Crippen molar-refractivity contribution < 1.29 is 0 Å². The zero-order chi connectivity index (χ0) is 10.7. The summed E-state index contributed by atoms with van der Waals surface area (Å²) in [5.41, 5.74) is 0.670. The predicted molar refractivity (Wildman–Crippen MR) is 65.1 cm³/mol. The molecule has 2 saturated heterocycles. The lowest BCUT2D eigenvalue weighted by Gasteiger charge is -2.40. The van der Waals surface area contributed by atoms with Crippen LogP contribution in [0.15, 0.2) is 0 Å². The van der Waals surface area contributed by atoms with Crippen LogP contribution in [0.2, 0.25) is 0 Å². The molecule has 1 spiro atoms. The molecule has 2 aliphatic heterocycles. The number of rotatable bonds is 3. The van der Waals surface area contributed by atoms with Gasteiger partial charge in [0.1, 0.15) is 0 Å². The summed E-state index contributed by atoms with van der Waals surface area (Å²) in [6, 6.07) is 0. The van der Waals surface area contributed by atoms with Crippen LogP contribution in [0, 0.1) is 5.41 Å². The molecule has 2 nitrogen and oxygen atoms in total. The van der Waals surface area contributed by atoms with Gasteiger partial charge in [0, 0.05) is 13.1 Å². The molecule has 1 atom stereocenters. The molecule has 2 heteroatoms. The number of hydrogen-bond donors (Lipinski definition) is 0. The molecule has 0 amide bonds. The summed E-state index contributed by atoms with van der Waals surface area (Å²) in [7, 11) is 0. The Bertz CT molecular complexity index is 205. The first-order valence-electron chi connectivity index (χ1n) is 6.73. The zero-order valence-corrected chi connectivity index (χ0v) is 10.5. The molecule has 2 fully saturated rings. The average Bonchev–Trinajstić information content (AvgIpc) is 2.62. The van der Waals surface area contributed by atoms with Crippen LogP contribution < -0.4 is 0 Å². The first kappa shape index (κ1) is 11.4. The van der Waals surface area contributed by atoms with Gasteiger partial charge < -0.3 is 9.80 Å². The molecule has 0 aliphatic carbocycles. The van der Waals surface area contributed by atoms with E-state index in [1.54, 1.807) is 0 Å². The highest BCUT2D eigenvalue weighted by molar-refractivity contribution is 4.94. The van der Waals surface area contributed by atoms with Crippen LogP contribution in [-0.2, 0) is 0 Å². The largest absolute Gasteiger partial charge is 0.303 e. The molecule has 0 aromatic rings. The Labute approximate surface area is 94.6 Å². The first-order chi connectivity index (χ1) is 7.28. The van der Waals surface area contributed by atoms with Crippen LogP contribution in [-0.4, -0.2) is 49.1 Å². The molecule has 2 heterocycles. The van der Waals surface area contributed by atoms with Crippen molar-refractivity contribution in [1.82, 2.24) is 9.80 Å². The summed E-state index contributed by atoms with van der Waals surface area (Å²) >= 11 is 0. The lowest BCUT2D eigenvalue weighted by Crippen LogP contribution is -2.44. The van der Waals surface area contributed by atoms with Gasteiger partial charge in [-0.3, -0.25) is 0 Å². The lowest BCUT2D eigenvalue weighted by molar-refractivity contribution is 0.0971. The molecule has 0 radical (unpaired) electrons. The highest BCUT2D eigenvalue weighted by Gasteiger charge is 2.40. The molecule has 0 aromatic heterocycles. The maximum atomic E-state index is 2.68. The third-order valence-electron chi connectivity index (χ3n) is 4.24. The van der Waals surface area contributed by atoms with E-state index in [4.69, 9.17) is 0 Å². The van der Waals surface area contributed by atoms with E-state index < -0.39 is 0 Å². The van der Waals surface area contributed by atoms with Crippen LogP contribution in [0.1, 0.15) is 39.5 Å². The van der Waals surface area contributed by atoms with Crippen molar-refractivity contribution in [2.45, 2.75) is 39.5 Å². The van der Waals surface area contributed by atoms with Gasteiger partial charge in [0.25, 0.3) is 0 Å². The summed E-state index contributed by atoms with van der Waals surface area (Å²) in [4.78, 5) is 5.33. The van der Waals surface area contributed by atoms with Crippen LogP contribution in [0.25, 0.3) is 0 Å². The van der Waals surface area contributed by atoms with E-state index in [2.05, 4.69) is 23.6 Å². The second-order valence-electron chi connectivity index (χ2n) is 5.50. The fraction of sp³-hybridized carbons (Fsp3) is 1.00. The monoisotopic (exact) mass is 210 g/mol. The van der Waals surface area contributed by atoms with E-state index in [-0.39, 0.29) is 0 Å². The average molecular weight is 210 g/mol. The fourth-order valence-corrected chi connectivity index (χ4v) is 3.45. The third-order valence-corrected chi connectivity index (χ3v) is 4.24. The predicted octanol–water partition coefficient (Wildman–Crippen LogP) is 2.20. The summed E-state index contributed by atoms with van der Waals surface area (Å²) in [5, 5.41) is 0. The quantitative estimate of drug-likeness (QED) is 0.704. The van der Waals surface area contributed by atoms with Gasteiger partial charge in [-0.15, -0.1) is 0 Å². The standard InChI is InChI=1S/C13H26N2/c1-3-8-15-10-7-13(12-15)6-5-9-14(4-2)11-13/h3-12H2,1-2H3. The minimum Gasteiger partial charge on any atom is -0.303 e. The number of likely N-dealkylation sites (tertiary alicyclic amines) is 2. The van der Waals surface area contributed by atoms with Gasteiger partial charge in [-0.1, -0.05) is 13.8 Å². The highest BCUT2D eigenvalue weighted by atomic mass is 15.2. The Morgan fingerprint density at radius 1 is 1.00 bits per heavy atom. The summed E-state index contributed by atoms with van der Waals surface area (Å²) in [6.07, 6.45) is 5.66. The zero-order valence-electron chi connectivity index (χ0n) is 10.5. The van der Waals surface area contributed by atoms with Crippen molar-refractivity contribution in [3.05, 3.63) is 0 Å². The normalized spacial score (nSPS) is 34.0. The van der Waals surface area contributed by atoms with E-state index in [1.807, 2.05) is 0 Å². The Morgan fingerprint density at radius 2 is 1.80 bits per heavy atom. The van der Waals surface area contributed by atoms with Crippen LogP contribution in [0.3, 0.4) is 0 Å². The van der Waals surface area contributed by atoms with E-state index in [0.717, 1.165) is 0 Å². The topological polar surface area (TPSA) is 6.48 Å². The Morgan fingerprint density at radius 3 is 2.53 bits per heavy atom. The van der Waals surface area contributed by atoms with E-state index in [1.165, 1.54) is 65.0 Å². The molecule has 0 bridgehead atoms. The molecule has 2 rings (SSSR count). The van der Waals surface area contributed by atoms with Crippen molar-refractivity contribution in [3.63, 3.8) is 0 Å². The van der Waals surface area contributed by atoms with E-state index in [9.17, 15) is 0 Å². The lowest BCUT2D eigenvalue weighted by atomic mass is 9.79. The molecule has 1 unspecified atom stereocenters. The Hall–Kier alpha value is -0.0800. The van der Waals surface area contributed by atoms with Gasteiger partial charge in [0.05, 0.1) is 0 Å². The van der Waals surface area contributed by atoms with Crippen LogP contribution in [0.4, 0.5) is 0 Å². The molecule has 0 aromatic carbocycles. The molecular formula is C13H26N2. The second kappa shape index (κ2) is 4.84. The van der Waals surface area contributed by atoms with Crippen LogP contribution in [0.5, 0.6) is 0 Å². The van der Waals surface area contributed by atoms with Crippen molar-refractivity contribution in [2.75, 3.05) is 39.3 Å². The van der Waals surface area contributed by atoms with Crippen molar-refractivity contribution in [3.8, 4) is 0 Å². The van der Waals surface area contributed by atoms with E-state index in [0.29, 0.717) is 5.41 Å². The number of piperidine rings is 1. The van der Waals surface area contributed by atoms with Gasteiger partial charge in [0.2, 0.25) is 0 Å². The second-order valence-corrected chi connectivity index (χ2v) is 5.50. The van der Waals surface area contributed by atoms with Gasteiger partial charge in [0.15, 0.2) is 0 Å². The Balaban J connectivity index is 1.90. The minimum atomic E-state index is 0.670. The first-order valence-corrected chi connectivity index (χ1v) is 6.73. The minimum absolute atomic E-state index is 0.670. The maximum Gasteiger partial charge on any atom is 0.00507 e. The summed E-state index contributed by atoms with van der Waals surface area (Å²) < 4.78 is 0. The SMILES string of the molecule is CCCN1CCC2(CCCN(CC)C2)C1. The fourth-order valence-electron chi connectivity index (χ4n) is 3.45. The summed E-state index contributed by atoms with van der Waals surface area (Å²) in [6.45, 7) is 12.6. The number of nitrogens with zero attached hydrogens (tertiary/aromatic N) is 2. The number of hydrogen-bond acceptors (Lipinski definition) is 2. The molecule has 2 aliphatic rings. The smallest absolute Gasteiger partial charge is 0.00507 e. The highest BCUT2D eigenvalue weighted by Crippen LogP contribution is 2.38. The van der Waals surface area contributed by atoms with Gasteiger partial charge >= 0.3 is 0 Å². The molecule has 0 N–H and O–H groups in total. The van der Waals surface area contributed by atoms with Crippen LogP contribution >= 0.6 is 0 Å². The van der Waals surface area contributed by atoms with Gasteiger partial charge in [-0.25, -0.2) is 0 Å². The van der Waals surface area contributed by atoms with E-state index >= 15 is 0 Å². The molecule has 0 saturated carbocycles. The molecule has 88 valence electrons. The Kier molecular flexibility index (Phi) is 3.68. The third kappa shape index (κ3) is 2.54.